The van der Waals surface area contributed by atoms with Crippen LogP contribution in [-0.2, 0) is 0 Å². The molecule has 0 aromatic heterocycles. The molecule has 2 atom stereocenters. The lowest BCUT2D eigenvalue weighted by molar-refractivity contribution is 0.0573. The van der Waals surface area contributed by atoms with Crippen LogP contribution in [0.3, 0.4) is 0 Å². The number of ether oxygens (including phenoxy) is 2. The summed E-state index contributed by atoms with van der Waals surface area (Å²) >= 11 is 6.33. The number of benzene rings is 1. The summed E-state index contributed by atoms with van der Waals surface area (Å²) in [6.45, 7) is 5.95. The Hall–Kier alpha value is -1.17. The zero-order valence-corrected chi connectivity index (χ0v) is 16.7. The van der Waals surface area contributed by atoms with Crippen molar-refractivity contribution in [1.29, 1.82) is 0 Å². The third kappa shape index (κ3) is 5.16. The van der Waals surface area contributed by atoms with Gasteiger partial charge in [-0.05, 0) is 37.3 Å². The maximum Gasteiger partial charge on any atom is 0.254 e. The molecule has 1 aromatic carbocycles. The molecule has 2 N–H and O–H groups in total. The second-order valence-electron chi connectivity index (χ2n) is 6.36. The number of carbonyl (C=O) groups is 1. The molecule has 0 aliphatic carbocycles. The van der Waals surface area contributed by atoms with Crippen molar-refractivity contribution in [2.24, 2.45) is 11.7 Å². The Morgan fingerprint density at radius 3 is 2.76 bits per heavy atom. The Kier molecular flexibility index (Phi) is 8.83. The molecule has 142 valence electrons. The van der Waals surface area contributed by atoms with Gasteiger partial charge in [-0.15, -0.1) is 12.4 Å². The van der Waals surface area contributed by atoms with Crippen molar-refractivity contribution in [3.05, 3.63) is 22.7 Å². The summed E-state index contributed by atoms with van der Waals surface area (Å²) in [6, 6.07) is 3.43. The first-order valence-electron chi connectivity index (χ1n) is 8.53. The van der Waals surface area contributed by atoms with E-state index in [1.165, 1.54) is 0 Å². The van der Waals surface area contributed by atoms with Crippen LogP contribution in [-0.4, -0.2) is 43.7 Å². The Morgan fingerprint density at radius 2 is 2.16 bits per heavy atom. The first-order chi connectivity index (χ1) is 11.5. The molecular formula is C18H28Cl2N2O3. The summed E-state index contributed by atoms with van der Waals surface area (Å²) < 4.78 is 11.0. The number of nitrogens with zero attached hydrogens (tertiary/aromatic N) is 1. The monoisotopic (exact) mass is 390 g/mol. The molecule has 1 fully saturated rings. The number of hydrogen-bond donors (Lipinski definition) is 1. The number of hydrogen-bond acceptors (Lipinski definition) is 4. The predicted molar refractivity (Wildman–Crippen MR) is 103 cm³/mol. The molecule has 0 bridgehead atoms. The first-order valence-corrected chi connectivity index (χ1v) is 8.90. The molecule has 1 amide bonds. The molecule has 1 aliphatic rings. The minimum Gasteiger partial charge on any atom is -0.493 e. The van der Waals surface area contributed by atoms with Gasteiger partial charge in [-0.25, -0.2) is 0 Å². The van der Waals surface area contributed by atoms with Gasteiger partial charge in [-0.1, -0.05) is 25.4 Å². The standard InChI is InChI=1S/C18H27ClN2O3.ClH/c1-4-7-24-17-15(19)9-13(10-16(17)23-3)18(22)21-6-5-12(2)8-14(21)11-20;/h9-10,12,14H,4-8,11,20H2,1-3H3;1H. The molecule has 5 nitrogen and oxygen atoms in total. The van der Waals surface area contributed by atoms with E-state index in [4.69, 9.17) is 26.8 Å². The van der Waals surface area contributed by atoms with Crippen molar-refractivity contribution in [1.82, 2.24) is 4.90 Å². The van der Waals surface area contributed by atoms with Crippen molar-refractivity contribution in [3.63, 3.8) is 0 Å². The molecule has 25 heavy (non-hydrogen) atoms. The van der Waals surface area contributed by atoms with Gasteiger partial charge in [0.15, 0.2) is 11.5 Å². The van der Waals surface area contributed by atoms with Crippen LogP contribution in [0, 0.1) is 5.92 Å². The highest BCUT2D eigenvalue weighted by Gasteiger charge is 2.30. The number of methoxy groups -OCH3 is 1. The van der Waals surface area contributed by atoms with Crippen LogP contribution in [0.1, 0.15) is 43.5 Å². The van der Waals surface area contributed by atoms with Crippen LogP contribution in [0.4, 0.5) is 0 Å². The third-order valence-corrected chi connectivity index (χ3v) is 4.72. The lowest BCUT2D eigenvalue weighted by Crippen LogP contribution is -2.49. The van der Waals surface area contributed by atoms with Crippen molar-refractivity contribution in [2.45, 2.75) is 39.2 Å². The molecule has 0 spiro atoms. The number of piperidine rings is 1. The maximum atomic E-state index is 12.9. The van der Waals surface area contributed by atoms with Gasteiger partial charge in [0.1, 0.15) is 0 Å². The molecule has 0 radical (unpaired) electrons. The Bertz CT molecular complexity index is 584. The van der Waals surface area contributed by atoms with Gasteiger partial charge in [0.05, 0.1) is 18.7 Å². The quantitative estimate of drug-likeness (QED) is 0.802. The molecule has 1 saturated heterocycles. The average molecular weight is 391 g/mol. The van der Waals surface area contributed by atoms with E-state index in [1.807, 2.05) is 11.8 Å². The molecule has 2 unspecified atom stereocenters. The van der Waals surface area contributed by atoms with Gasteiger partial charge in [0.2, 0.25) is 0 Å². The zero-order chi connectivity index (χ0) is 17.7. The summed E-state index contributed by atoms with van der Waals surface area (Å²) in [6.07, 6.45) is 2.79. The molecule has 1 aliphatic heterocycles. The Morgan fingerprint density at radius 1 is 1.44 bits per heavy atom. The highest BCUT2D eigenvalue weighted by molar-refractivity contribution is 6.32. The highest BCUT2D eigenvalue weighted by atomic mass is 35.5. The van der Waals surface area contributed by atoms with Crippen molar-refractivity contribution < 1.29 is 14.3 Å². The number of amides is 1. The van der Waals surface area contributed by atoms with E-state index in [0.29, 0.717) is 41.2 Å². The number of rotatable bonds is 6. The predicted octanol–water partition coefficient (Wildman–Crippen LogP) is 3.76. The largest absolute Gasteiger partial charge is 0.493 e. The number of nitrogens with two attached hydrogens (primary N) is 1. The van der Waals surface area contributed by atoms with Crippen LogP contribution < -0.4 is 15.2 Å². The second kappa shape index (κ2) is 10.1. The van der Waals surface area contributed by atoms with E-state index in [-0.39, 0.29) is 24.4 Å². The minimum absolute atomic E-state index is 0. The van der Waals surface area contributed by atoms with E-state index in [1.54, 1.807) is 19.2 Å². The second-order valence-corrected chi connectivity index (χ2v) is 6.76. The van der Waals surface area contributed by atoms with Crippen LogP contribution in [0.25, 0.3) is 0 Å². The molecule has 1 aromatic rings. The smallest absolute Gasteiger partial charge is 0.254 e. The lowest BCUT2D eigenvalue weighted by Gasteiger charge is -2.38. The summed E-state index contributed by atoms with van der Waals surface area (Å²) in [4.78, 5) is 14.8. The summed E-state index contributed by atoms with van der Waals surface area (Å²) in [5.74, 6) is 1.50. The molecule has 1 heterocycles. The van der Waals surface area contributed by atoms with Gasteiger partial charge in [0.25, 0.3) is 5.91 Å². The van der Waals surface area contributed by atoms with E-state index in [2.05, 4.69) is 6.92 Å². The van der Waals surface area contributed by atoms with Gasteiger partial charge in [-0.2, -0.15) is 0 Å². The fourth-order valence-electron chi connectivity index (χ4n) is 3.10. The number of carbonyl (C=O) groups excluding carboxylic acids is 1. The molecule has 2 rings (SSSR count). The van der Waals surface area contributed by atoms with E-state index in [0.717, 1.165) is 25.8 Å². The zero-order valence-electron chi connectivity index (χ0n) is 15.1. The summed E-state index contributed by atoms with van der Waals surface area (Å²) in [5.41, 5.74) is 6.38. The summed E-state index contributed by atoms with van der Waals surface area (Å²) in [7, 11) is 1.55. The fourth-order valence-corrected chi connectivity index (χ4v) is 3.36. The average Bonchev–Trinajstić information content (AvgIpc) is 2.59. The van der Waals surface area contributed by atoms with Gasteiger partial charge >= 0.3 is 0 Å². The van der Waals surface area contributed by atoms with E-state index >= 15 is 0 Å². The van der Waals surface area contributed by atoms with Crippen molar-refractivity contribution in [3.8, 4) is 11.5 Å². The maximum absolute atomic E-state index is 12.9. The first kappa shape index (κ1) is 21.9. The van der Waals surface area contributed by atoms with Crippen LogP contribution in [0.15, 0.2) is 12.1 Å². The van der Waals surface area contributed by atoms with Crippen LogP contribution >= 0.6 is 24.0 Å². The van der Waals surface area contributed by atoms with Crippen molar-refractivity contribution >= 4 is 29.9 Å². The van der Waals surface area contributed by atoms with Gasteiger partial charge in [-0.3, -0.25) is 4.79 Å². The van der Waals surface area contributed by atoms with Crippen LogP contribution in [0.5, 0.6) is 11.5 Å². The Labute approximate surface area is 161 Å². The van der Waals surface area contributed by atoms with Crippen molar-refractivity contribution in [2.75, 3.05) is 26.8 Å². The fraction of sp³-hybridized carbons (Fsp3) is 0.611. The third-order valence-electron chi connectivity index (χ3n) is 4.44. The summed E-state index contributed by atoms with van der Waals surface area (Å²) in [5, 5.41) is 0.390. The molecule has 0 saturated carbocycles. The topological polar surface area (TPSA) is 64.8 Å². The SMILES string of the molecule is CCCOc1c(Cl)cc(C(=O)N2CCC(C)CC2CN)cc1OC.Cl. The van der Waals surface area contributed by atoms with E-state index < -0.39 is 0 Å². The molecule has 7 heteroatoms. The Balaban J connectivity index is 0.00000312. The number of halogens is 2. The normalized spacial score (nSPS) is 20.0. The van der Waals surface area contributed by atoms with E-state index in [9.17, 15) is 4.79 Å². The lowest BCUT2D eigenvalue weighted by atomic mass is 9.92. The van der Waals surface area contributed by atoms with Gasteiger partial charge in [0, 0.05) is 24.7 Å². The highest BCUT2D eigenvalue weighted by Crippen LogP contribution is 2.37. The van der Waals surface area contributed by atoms with Crippen LogP contribution in [0.2, 0.25) is 5.02 Å². The molecular weight excluding hydrogens is 363 g/mol. The minimum atomic E-state index is -0.0559. The van der Waals surface area contributed by atoms with Gasteiger partial charge < -0.3 is 20.1 Å². The number of likely N-dealkylation sites (tertiary alicyclic amines) is 1.